The molecule has 1 aliphatic rings. The normalized spacial score (nSPS) is 28.5. The Morgan fingerprint density at radius 2 is 2.00 bits per heavy atom. The SMILES string of the molecule is N[C@@H](CCSC[C@H]1O[C@@H](Oc2ccccc2)[C@H](O)[C@@H]1O)C(=O)O. The summed E-state index contributed by atoms with van der Waals surface area (Å²) < 4.78 is 11.1. The average Bonchev–Trinajstić information content (AvgIpc) is 2.80. The van der Waals surface area contributed by atoms with Gasteiger partial charge in [0.1, 0.15) is 24.0 Å². The number of rotatable bonds is 8. The first-order valence-electron chi connectivity index (χ1n) is 7.28. The van der Waals surface area contributed by atoms with Crippen molar-refractivity contribution >= 4 is 17.7 Å². The molecule has 0 aliphatic carbocycles. The molecule has 1 aromatic carbocycles. The zero-order valence-electron chi connectivity index (χ0n) is 12.4. The summed E-state index contributed by atoms with van der Waals surface area (Å²) in [6.45, 7) is 0. The molecular weight excluding hydrogens is 322 g/mol. The number of benzene rings is 1. The Bertz CT molecular complexity index is 502. The number of carbonyl (C=O) groups is 1. The summed E-state index contributed by atoms with van der Waals surface area (Å²) in [4.78, 5) is 10.6. The van der Waals surface area contributed by atoms with E-state index < -0.39 is 36.6 Å². The molecule has 5 atom stereocenters. The molecule has 0 aromatic heterocycles. The van der Waals surface area contributed by atoms with Gasteiger partial charge in [0.2, 0.25) is 6.29 Å². The predicted molar refractivity (Wildman–Crippen MR) is 85.3 cm³/mol. The summed E-state index contributed by atoms with van der Waals surface area (Å²) in [5.41, 5.74) is 5.41. The number of nitrogens with two attached hydrogens (primary N) is 1. The van der Waals surface area contributed by atoms with Crippen LogP contribution < -0.4 is 10.5 Å². The molecule has 1 saturated heterocycles. The molecule has 1 aromatic rings. The molecule has 1 fully saturated rings. The van der Waals surface area contributed by atoms with Crippen LogP contribution in [0.25, 0.3) is 0 Å². The smallest absolute Gasteiger partial charge is 0.320 e. The molecular formula is C15H21NO6S. The van der Waals surface area contributed by atoms with E-state index in [9.17, 15) is 15.0 Å². The first-order chi connectivity index (χ1) is 11.0. The van der Waals surface area contributed by atoms with Gasteiger partial charge in [-0.25, -0.2) is 0 Å². The van der Waals surface area contributed by atoms with Gasteiger partial charge in [0, 0.05) is 5.75 Å². The number of aliphatic carboxylic acids is 1. The van der Waals surface area contributed by atoms with E-state index in [1.165, 1.54) is 11.8 Å². The number of aliphatic hydroxyl groups is 2. The monoisotopic (exact) mass is 343 g/mol. The second-order valence-corrected chi connectivity index (χ2v) is 6.41. The predicted octanol–water partition coefficient (Wildman–Crippen LogP) is 0.0473. The highest BCUT2D eigenvalue weighted by Gasteiger charge is 2.44. The highest BCUT2D eigenvalue weighted by molar-refractivity contribution is 7.99. The van der Waals surface area contributed by atoms with Crippen LogP contribution >= 0.6 is 11.8 Å². The van der Waals surface area contributed by atoms with Crippen molar-refractivity contribution in [3.63, 3.8) is 0 Å². The fourth-order valence-electron chi connectivity index (χ4n) is 2.12. The molecule has 2 rings (SSSR count). The molecule has 0 radical (unpaired) electrons. The number of carboxylic acids is 1. The molecule has 128 valence electrons. The molecule has 0 saturated carbocycles. The van der Waals surface area contributed by atoms with Crippen molar-refractivity contribution in [2.24, 2.45) is 5.73 Å². The van der Waals surface area contributed by atoms with Crippen LogP contribution in [0, 0.1) is 0 Å². The maximum Gasteiger partial charge on any atom is 0.320 e. The van der Waals surface area contributed by atoms with E-state index >= 15 is 0 Å². The van der Waals surface area contributed by atoms with Gasteiger partial charge in [0.15, 0.2) is 0 Å². The molecule has 23 heavy (non-hydrogen) atoms. The van der Waals surface area contributed by atoms with Gasteiger partial charge in [-0.05, 0) is 24.3 Å². The van der Waals surface area contributed by atoms with Crippen LogP contribution in [0.2, 0.25) is 0 Å². The minimum Gasteiger partial charge on any atom is -0.480 e. The van der Waals surface area contributed by atoms with Crippen molar-refractivity contribution < 1.29 is 29.6 Å². The van der Waals surface area contributed by atoms with Crippen molar-refractivity contribution in [1.82, 2.24) is 0 Å². The fraction of sp³-hybridized carbons (Fsp3) is 0.533. The molecule has 0 amide bonds. The lowest BCUT2D eigenvalue weighted by molar-refractivity contribution is -0.138. The third-order valence-electron chi connectivity index (χ3n) is 3.49. The van der Waals surface area contributed by atoms with Gasteiger partial charge in [-0.1, -0.05) is 18.2 Å². The second-order valence-electron chi connectivity index (χ2n) is 5.26. The zero-order chi connectivity index (χ0) is 16.8. The lowest BCUT2D eigenvalue weighted by Crippen LogP contribution is -2.35. The standard InChI is InChI=1S/C15H21NO6S/c16-10(14(19)20)6-7-23-8-11-12(17)13(18)15(22-11)21-9-4-2-1-3-5-9/h1-5,10-13,15,17-18H,6-8,16H2,(H,19,20)/t10-,11+,12+,13+,15+/m0/s1. The molecule has 7 nitrogen and oxygen atoms in total. The highest BCUT2D eigenvalue weighted by Crippen LogP contribution is 2.26. The topological polar surface area (TPSA) is 122 Å². The Labute approximate surface area is 138 Å². The maximum atomic E-state index is 10.6. The van der Waals surface area contributed by atoms with Gasteiger partial charge >= 0.3 is 5.97 Å². The summed E-state index contributed by atoms with van der Waals surface area (Å²) in [6.07, 6.45) is -3.37. The van der Waals surface area contributed by atoms with E-state index in [0.717, 1.165) is 0 Å². The first kappa shape index (κ1) is 18.0. The highest BCUT2D eigenvalue weighted by atomic mass is 32.2. The van der Waals surface area contributed by atoms with Gasteiger partial charge < -0.3 is 30.5 Å². The number of hydrogen-bond acceptors (Lipinski definition) is 7. The zero-order valence-corrected chi connectivity index (χ0v) is 13.3. The van der Waals surface area contributed by atoms with E-state index in [1.54, 1.807) is 24.3 Å². The molecule has 8 heteroatoms. The van der Waals surface area contributed by atoms with Crippen LogP contribution in [0.1, 0.15) is 6.42 Å². The van der Waals surface area contributed by atoms with Crippen LogP contribution in [-0.2, 0) is 9.53 Å². The number of carboxylic acid groups (broad SMARTS) is 1. The number of aliphatic hydroxyl groups excluding tert-OH is 2. The van der Waals surface area contributed by atoms with E-state index in [0.29, 0.717) is 23.7 Å². The van der Waals surface area contributed by atoms with E-state index in [-0.39, 0.29) is 0 Å². The summed E-state index contributed by atoms with van der Waals surface area (Å²) in [7, 11) is 0. The number of ether oxygens (including phenoxy) is 2. The fourth-order valence-corrected chi connectivity index (χ4v) is 3.21. The van der Waals surface area contributed by atoms with Crippen molar-refractivity contribution in [1.29, 1.82) is 0 Å². The Kier molecular flexibility index (Phi) is 6.67. The minimum atomic E-state index is -1.14. The molecule has 5 N–H and O–H groups in total. The van der Waals surface area contributed by atoms with Crippen molar-refractivity contribution in [2.45, 2.75) is 37.1 Å². The summed E-state index contributed by atoms with van der Waals surface area (Å²) in [6, 6.07) is 8.01. The van der Waals surface area contributed by atoms with Gasteiger partial charge in [0.25, 0.3) is 0 Å². The summed E-state index contributed by atoms with van der Waals surface area (Å²) >= 11 is 1.42. The van der Waals surface area contributed by atoms with Crippen LogP contribution in [-0.4, -0.2) is 63.4 Å². The molecule has 0 spiro atoms. The lowest BCUT2D eigenvalue weighted by atomic mass is 10.1. The van der Waals surface area contributed by atoms with Crippen LogP contribution in [0.4, 0.5) is 0 Å². The van der Waals surface area contributed by atoms with Crippen molar-refractivity contribution in [2.75, 3.05) is 11.5 Å². The number of para-hydroxylation sites is 1. The third kappa shape index (κ3) is 5.08. The summed E-state index contributed by atoms with van der Waals surface area (Å²) in [5, 5.41) is 28.7. The Morgan fingerprint density at radius 3 is 2.65 bits per heavy atom. The quantitative estimate of drug-likeness (QED) is 0.488. The van der Waals surface area contributed by atoms with Gasteiger partial charge in [0.05, 0.1) is 6.10 Å². The number of hydrogen-bond donors (Lipinski definition) is 4. The van der Waals surface area contributed by atoms with Gasteiger partial charge in [-0.3, -0.25) is 4.79 Å². The van der Waals surface area contributed by atoms with Gasteiger partial charge in [-0.15, -0.1) is 0 Å². The first-order valence-corrected chi connectivity index (χ1v) is 8.44. The maximum absolute atomic E-state index is 10.6. The van der Waals surface area contributed by atoms with E-state index in [1.807, 2.05) is 6.07 Å². The molecule has 0 bridgehead atoms. The Balaban J connectivity index is 1.77. The molecule has 1 aliphatic heterocycles. The Morgan fingerprint density at radius 1 is 1.30 bits per heavy atom. The van der Waals surface area contributed by atoms with Crippen molar-refractivity contribution in [3.05, 3.63) is 30.3 Å². The lowest BCUT2D eigenvalue weighted by Gasteiger charge is -2.16. The summed E-state index contributed by atoms with van der Waals surface area (Å²) in [5.74, 6) is 0.457. The number of thioether (sulfide) groups is 1. The largest absolute Gasteiger partial charge is 0.480 e. The van der Waals surface area contributed by atoms with Crippen LogP contribution in [0.3, 0.4) is 0 Å². The molecule has 1 heterocycles. The average molecular weight is 343 g/mol. The van der Waals surface area contributed by atoms with E-state index in [2.05, 4.69) is 0 Å². The third-order valence-corrected chi connectivity index (χ3v) is 4.58. The van der Waals surface area contributed by atoms with Crippen LogP contribution in [0.15, 0.2) is 30.3 Å². The van der Waals surface area contributed by atoms with Crippen LogP contribution in [0.5, 0.6) is 5.75 Å². The minimum absolute atomic E-state index is 0.329. The molecule has 0 unspecified atom stereocenters. The van der Waals surface area contributed by atoms with Crippen molar-refractivity contribution in [3.8, 4) is 5.75 Å². The second kappa shape index (κ2) is 8.51. The van der Waals surface area contributed by atoms with Gasteiger partial charge in [-0.2, -0.15) is 11.8 Å². The van der Waals surface area contributed by atoms with E-state index in [4.69, 9.17) is 20.3 Å². The Hall–Kier alpha value is -1.32.